The average molecular weight is 366 g/mol. The van der Waals surface area contributed by atoms with E-state index in [0.29, 0.717) is 5.65 Å². The van der Waals surface area contributed by atoms with Gasteiger partial charge in [-0.2, -0.15) is 17.7 Å². The smallest absolute Gasteiger partial charge is 0.178 e. The van der Waals surface area contributed by atoms with E-state index < -0.39 is 0 Å². The summed E-state index contributed by atoms with van der Waals surface area (Å²) in [5, 5.41) is 4.25. The monoisotopic (exact) mass is 365 g/mol. The lowest BCUT2D eigenvalue weighted by molar-refractivity contribution is 0.766. The molecule has 0 aliphatic carbocycles. The van der Waals surface area contributed by atoms with Gasteiger partial charge in [-0.3, -0.25) is 4.68 Å². The highest BCUT2D eigenvalue weighted by Gasteiger charge is 2.10. The molecule has 0 fully saturated rings. The van der Waals surface area contributed by atoms with Crippen molar-refractivity contribution in [1.29, 1.82) is 0 Å². The van der Waals surface area contributed by atoms with Crippen molar-refractivity contribution >= 4 is 39.7 Å². The number of rotatable bonds is 1. The molecule has 3 aromatic heterocycles. The Morgan fingerprint density at radius 1 is 1.14 bits per heavy atom. The van der Waals surface area contributed by atoms with E-state index in [9.17, 15) is 0 Å². The van der Waals surface area contributed by atoms with Crippen molar-refractivity contribution in [1.82, 2.24) is 24.7 Å². The first-order valence-corrected chi connectivity index (χ1v) is 7.99. The molecule has 0 unspecified atom stereocenters. The Morgan fingerprint density at radius 3 is 2.48 bits per heavy atom. The van der Waals surface area contributed by atoms with Gasteiger partial charge in [0, 0.05) is 18.8 Å². The molecule has 3 aromatic rings. The number of fused-ring (bicyclic) bond motifs is 1. The van der Waals surface area contributed by atoms with Gasteiger partial charge in [0.1, 0.15) is 15.8 Å². The number of aromatic nitrogens is 5. The van der Waals surface area contributed by atoms with Gasteiger partial charge in [-0.05, 0) is 47.7 Å². The number of halogens is 1. The Bertz CT molecular complexity index is 784. The van der Waals surface area contributed by atoms with Gasteiger partial charge in [0.2, 0.25) is 0 Å². The van der Waals surface area contributed by atoms with Crippen LogP contribution in [0.15, 0.2) is 22.9 Å². The van der Waals surface area contributed by atoms with Crippen molar-refractivity contribution in [3.63, 3.8) is 0 Å². The number of aryl methyl sites for hydroxylation is 3. The van der Waals surface area contributed by atoms with Gasteiger partial charge >= 0.3 is 0 Å². The summed E-state index contributed by atoms with van der Waals surface area (Å²) in [7, 11) is 1.88. The van der Waals surface area contributed by atoms with Gasteiger partial charge in [-0.25, -0.2) is 15.0 Å². The summed E-state index contributed by atoms with van der Waals surface area (Å²) in [4.78, 5) is 13.4. The molecule has 0 saturated carbocycles. The van der Waals surface area contributed by atoms with Gasteiger partial charge in [0.25, 0.3) is 0 Å². The van der Waals surface area contributed by atoms with Crippen molar-refractivity contribution < 1.29 is 0 Å². The summed E-state index contributed by atoms with van der Waals surface area (Å²) in [6.45, 7) is 3.98. The highest BCUT2D eigenvalue weighted by molar-refractivity contribution is 9.10. The van der Waals surface area contributed by atoms with E-state index in [1.54, 1.807) is 17.1 Å². The zero-order chi connectivity index (χ0) is 15.6. The standard InChI is InChI=1S/C13H12BrN5.CH4S/c1-7-4-8(2)16-13-12(7)17-9(6-15-13)10-5-11(14)18-19(10)3;1-2/h4-6H,1-3H3;2H,1H3. The third-order valence-electron chi connectivity index (χ3n) is 2.95. The predicted molar refractivity (Wildman–Crippen MR) is 91.6 cm³/mol. The molecule has 0 bridgehead atoms. The number of hydrogen-bond donors (Lipinski definition) is 1. The predicted octanol–water partition coefficient (Wildman–Crippen LogP) is 3.35. The molecule has 110 valence electrons. The van der Waals surface area contributed by atoms with Crippen LogP contribution in [0.2, 0.25) is 0 Å². The molecule has 0 amide bonds. The molecule has 0 aliphatic rings. The highest BCUT2D eigenvalue weighted by atomic mass is 79.9. The summed E-state index contributed by atoms with van der Waals surface area (Å²) in [5.74, 6) is 0. The molecule has 7 heteroatoms. The van der Waals surface area contributed by atoms with Crippen LogP contribution >= 0.6 is 28.6 Å². The van der Waals surface area contributed by atoms with E-state index in [1.165, 1.54) is 0 Å². The van der Waals surface area contributed by atoms with Crippen LogP contribution in [0.1, 0.15) is 11.3 Å². The van der Waals surface area contributed by atoms with Crippen LogP contribution in [0, 0.1) is 13.8 Å². The lowest BCUT2D eigenvalue weighted by Crippen LogP contribution is -1.99. The van der Waals surface area contributed by atoms with Crippen LogP contribution in [-0.2, 0) is 7.05 Å². The van der Waals surface area contributed by atoms with E-state index in [0.717, 1.165) is 32.8 Å². The molecule has 5 nitrogen and oxygen atoms in total. The molecule has 0 aliphatic heterocycles. The Kier molecular flexibility index (Phi) is 4.95. The minimum Gasteiger partial charge on any atom is -0.265 e. The van der Waals surface area contributed by atoms with Crippen LogP contribution in [0.4, 0.5) is 0 Å². The van der Waals surface area contributed by atoms with Gasteiger partial charge in [0.05, 0.1) is 11.9 Å². The second-order valence-electron chi connectivity index (χ2n) is 4.48. The molecular formula is C14H16BrN5S. The molecular weight excluding hydrogens is 350 g/mol. The Hall–Kier alpha value is -1.47. The van der Waals surface area contributed by atoms with Gasteiger partial charge in [0.15, 0.2) is 5.65 Å². The van der Waals surface area contributed by atoms with E-state index in [-0.39, 0.29) is 0 Å². The fourth-order valence-corrected chi connectivity index (χ4v) is 2.56. The number of thiol groups is 1. The minimum atomic E-state index is 0.683. The maximum Gasteiger partial charge on any atom is 0.178 e. The lowest BCUT2D eigenvalue weighted by Gasteiger charge is -2.05. The van der Waals surface area contributed by atoms with E-state index in [4.69, 9.17) is 0 Å². The van der Waals surface area contributed by atoms with Crippen LogP contribution in [0.3, 0.4) is 0 Å². The highest BCUT2D eigenvalue weighted by Crippen LogP contribution is 2.22. The molecule has 0 atom stereocenters. The molecule has 0 aromatic carbocycles. The van der Waals surface area contributed by atoms with Crippen molar-refractivity contribution in [2.75, 3.05) is 6.26 Å². The third kappa shape index (κ3) is 3.24. The second-order valence-corrected chi connectivity index (χ2v) is 5.30. The summed E-state index contributed by atoms with van der Waals surface area (Å²) < 4.78 is 2.56. The first kappa shape index (κ1) is 15.9. The van der Waals surface area contributed by atoms with Crippen LogP contribution in [-0.4, -0.2) is 31.0 Å². The zero-order valence-electron chi connectivity index (χ0n) is 12.3. The average Bonchev–Trinajstić information content (AvgIpc) is 2.79. The largest absolute Gasteiger partial charge is 0.265 e. The second kappa shape index (κ2) is 6.53. The van der Waals surface area contributed by atoms with Crippen molar-refractivity contribution in [2.24, 2.45) is 7.05 Å². The summed E-state index contributed by atoms with van der Waals surface area (Å²) >= 11 is 6.89. The zero-order valence-corrected chi connectivity index (χ0v) is 14.8. The quantitative estimate of drug-likeness (QED) is 0.671. The molecule has 21 heavy (non-hydrogen) atoms. The Balaban J connectivity index is 0.000000774. The van der Waals surface area contributed by atoms with Crippen molar-refractivity contribution in [2.45, 2.75) is 13.8 Å². The van der Waals surface area contributed by atoms with Crippen LogP contribution in [0.25, 0.3) is 22.6 Å². The van der Waals surface area contributed by atoms with Crippen molar-refractivity contribution in [3.8, 4) is 11.4 Å². The normalized spacial score (nSPS) is 10.4. The SMILES string of the molecule is CS.Cc1cc(C)c2nc(-c3cc(Br)nn3C)cnc2n1. The number of hydrogen-bond acceptors (Lipinski definition) is 5. The minimum absolute atomic E-state index is 0.683. The van der Waals surface area contributed by atoms with Crippen LogP contribution < -0.4 is 0 Å². The number of pyridine rings is 1. The molecule has 0 N–H and O–H groups in total. The molecule has 0 saturated heterocycles. The summed E-state index contributed by atoms with van der Waals surface area (Å²) in [6, 6.07) is 3.94. The van der Waals surface area contributed by atoms with Crippen LogP contribution in [0.5, 0.6) is 0 Å². The Labute approximate surface area is 137 Å². The van der Waals surface area contributed by atoms with E-state index in [1.807, 2.05) is 33.0 Å². The van der Waals surface area contributed by atoms with Gasteiger partial charge in [-0.1, -0.05) is 0 Å². The summed E-state index contributed by atoms with van der Waals surface area (Å²) in [5.41, 5.74) is 5.26. The molecule has 0 spiro atoms. The van der Waals surface area contributed by atoms with E-state index in [2.05, 4.69) is 48.6 Å². The third-order valence-corrected chi connectivity index (χ3v) is 3.33. The molecule has 3 heterocycles. The first-order valence-electron chi connectivity index (χ1n) is 6.30. The molecule has 0 radical (unpaired) electrons. The van der Waals surface area contributed by atoms with Crippen molar-refractivity contribution in [3.05, 3.63) is 34.2 Å². The lowest BCUT2D eigenvalue weighted by atomic mass is 10.2. The Morgan fingerprint density at radius 2 is 1.86 bits per heavy atom. The maximum atomic E-state index is 4.65. The van der Waals surface area contributed by atoms with Gasteiger partial charge < -0.3 is 0 Å². The molecule has 3 rings (SSSR count). The summed E-state index contributed by atoms with van der Waals surface area (Å²) in [6.07, 6.45) is 3.43. The first-order chi connectivity index (χ1) is 10.0. The van der Waals surface area contributed by atoms with E-state index >= 15 is 0 Å². The van der Waals surface area contributed by atoms with Gasteiger partial charge in [-0.15, -0.1) is 0 Å². The maximum absolute atomic E-state index is 4.65. The number of nitrogens with zero attached hydrogens (tertiary/aromatic N) is 5. The topological polar surface area (TPSA) is 56.5 Å². The fourth-order valence-electron chi connectivity index (χ4n) is 2.11. The fraction of sp³-hybridized carbons (Fsp3) is 0.286.